The van der Waals surface area contributed by atoms with Gasteiger partial charge in [-0.3, -0.25) is 4.90 Å². The molecule has 0 amide bonds. The van der Waals surface area contributed by atoms with Crippen LogP contribution in [0.2, 0.25) is 5.02 Å². The van der Waals surface area contributed by atoms with E-state index in [0.717, 1.165) is 42.1 Å². The number of benzene rings is 1. The average Bonchev–Trinajstić information content (AvgIpc) is 2.36. The van der Waals surface area contributed by atoms with Crippen LogP contribution < -0.4 is 5.32 Å². The van der Waals surface area contributed by atoms with E-state index in [-0.39, 0.29) is 24.8 Å². The predicted octanol–water partition coefficient (Wildman–Crippen LogP) is 4.30. The van der Waals surface area contributed by atoms with Crippen molar-refractivity contribution in [3.8, 4) is 0 Å². The highest BCUT2D eigenvalue weighted by molar-refractivity contribution is 9.10. The van der Waals surface area contributed by atoms with Crippen LogP contribution in [0.15, 0.2) is 22.7 Å². The Balaban J connectivity index is 0.00000162. The monoisotopic (exact) mass is 388 g/mol. The van der Waals surface area contributed by atoms with Crippen LogP contribution in [0.3, 0.4) is 0 Å². The Morgan fingerprint density at radius 2 is 1.95 bits per heavy atom. The van der Waals surface area contributed by atoms with Gasteiger partial charge in [-0.1, -0.05) is 34.5 Å². The summed E-state index contributed by atoms with van der Waals surface area (Å²) in [4.78, 5) is 2.52. The Morgan fingerprint density at radius 3 is 2.53 bits per heavy atom. The molecule has 0 aromatic heterocycles. The van der Waals surface area contributed by atoms with E-state index < -0.39 is 0 Å². The molecule has 1 N–H and O–H groups in total. The summed E-state index contributed by atoms with van der Waals surface area (Å²) >= 11 is 9.85. The van der Waals surface area contributed by atoms with Crippen molar-refractivity contribution < 1.29 is 0 Å². The molecule has 1 aliphatic rings. The van der Waals surface area contributed by atoms with Crippen LogP contribution in [0.1, 0.15) is 24.9 Å². The van der Waals surface area contributed by atoms with Crippen LogP contribution in [-0.2, 0) is 0 Å². The zero-order chi connectivity index (χ0) is 12.3. The van der Waals surface area contributed by atoms with Crippen LogP contribution >= 0.6 is 52.3 Å². The molecule has 0 spiro atoms. The standard InChI is InChI=1S/C13H18BrClN2.2ClH/c1-2-13(17-7-5-16-6-8-17)11-9-10(14)3-4-12(11)15;;/h3-4,9,13,16H,2,5-8H2,1H3;2*1H/t13-;;/m0../s1. The van der Waals surface area contributed by atoms with Gasteiger partial charge in [-0.15, -0.1) is 24.8 Å². The lowest BCUT2D eigenvalue weighted by Crippen LogP contribution is -2.45. The van der Waals surface area contributed by atoms with E-state index in [9.17, 15) is 0 Å². The summed E-state index contributed by atoms with van der Waals surface area (Å²) in [5.74, 6) is 0. The van der Waals surface area contributed by atoms with Gasteiger partial charge in [0.25, 0.3) is 0 Å². The molecule has 1 saturated heterocycles. The number of nitrogens with one attached hydrogen (secondary N) is 1. The van der Waals surface area contributed by atoms with Crippen molar-refractivity contribution in [3.05, 3.63) is 33.3 Å². The summed E-state index contributed by atoms with van der Waals surface area (Å²) in [6.07, 6.45) is 1.09. The van der Waals surface area contributed by atoms with Gasteiger partial charge in [-0.2, -0.15) is 0 Å². The molecule has 0 saturated carbocycles. The quantitative estimate of drug-likeness (QED) is 0.828. The fourth-order valence-electron chi connectivity index (χ4n) is 2.44. The van der Waals surface area contributed by atoms with Gasteiger partial charge in [0.05, 0.1) is 0 Å². The first-order valence-electron chi connectivity index (χ1n) is 6.12. The minimum absolute atomic E-state index is 0. The number of hydrogen-bond acceptors (Lipinski definition) is 2. The number of rotatable bonds is 3. The fourth-order valence-corrected chi connectivity index (χ4v) is 3.06. The number of hydrogen-bond donors (Lipinski definition) is 1. The zero-order valence-corrected chi connectivity index (χ0v) is 14.8. The molecule has 1 fully saturated rings. The van der Waals surface area contributed by atoms with Crippen molar-refractivity contribution in [2.24, 2.45) is 0 Å². The van der Waals surface area contributed by atoms with E-state index in [0.29, 0.717) is 6.04 Å². The topological polar surface area (TPSA) is 15.3 Å². The Morgan fingerprint density at radius 1 is 1.32 bits per heavy atom. The van der Waals surface area contributed by atoms with Gasteiger partial charge in [0.1, 0.15) is 0 Å². The summed E-state index contributed by atoms with van der Waals surface area (Å²) in [6, 6.07) is 6.56. The maximum Gasteiger partial charge on any atom is 0.0454 e. The van der Waals surface area contributed by atoms with Crippen LogP contribution in [0.4, 0.5) is 0 Å². The molecule has 1 aromatic carbocycles. The van der Waals surface area contributed by atoms with E-state index in [1.807, 2.05) is 12.1 Å². The lowest BCUT2D eigenvalue weighted by Gasteiger charge is -2.35. The van der Waals surface area contributed by atoms with Gasteiger partial charge in [0.2, 0.25) is 0 Å². The molecular formula is C13H20BrCl3N2. The Labute approximate surface area is 141 Å². The van der Waals surface area contributed by atoms with Gasteiger partial charge >= 0.3 is 0 Å². The van der Waals surface area contributed by atoms with Crippen LogP contribution in [-0.4, -0.2) is 31.1 Å². The number of piperazine rings is 1. The second-order valence-electron chi connectivity index (χ2n) is 4.38. The van der Waals surface area contributed by atoms with Crippen LogP contribution in [0.5, 0.6) is 0 Å². The maximum absolute atomic E-state index is 6.33. The summed E-state index contributed by atoms with van der Waals surface area (Å²) in [5, 5.41) is 4.26. The first kappa shape index (κ1) is 19.5. The molecule has 2 rings (SSSR count). The molecule has 0 radical (unpaired) electrons. The highest BCUT2D eigenvalue weighted by Crippen LogP contribution is 2.32. The molecule has 0 unspecified atom stereocenters. The van der Waals surface area contributed by atoms with E-state index in [1.54, 1.807) is 0 Å². The van der Waals surface area contributed by atoms with E-state index in [2.05, 4.69) is 39.1 Å². The highest BCUT2D eigenvalue weighted by atomic mass is 79.9. The van der Waals surface area contributed by atoms with Crippen molar-refractivity contribution in [1.82, 2.24) is 10.2 Å². The Hall–Kier alpha value is 0.490. The molecule has 1 atom stereocenters. The third-order valence-corrected chi connectivity index (χ3v) is 4.13. The second kappa shape index (κ2) is 9.43. The minimum atomic E-state index is 0. The average molecular weight is 391 g/mol. The second-order valence-corrected chi connectivity index (χ2v) is 5.70. The molecule has 0 aliphatic carbocycles. The van der Waals surface area contributed by atoms with E-state index >= 15 is 0 Å². The van der Waals surface area contributed by atoms with Gasteiger partial charge in [0.15, 0.2) is 0 Å². The van der Waals surface area contributed by atoms with Gasteiger partial charge < -0.3 is 5.32 Å². The van der Waals surface area contributed by atoms with Crippen LogP contribution in [0.25, 0.3) is 0 Å². The number of halogens is 4. The van der Waals surface area contributed by atoms with E-state index in [1.165, 1.54) is 5.56 Å². The molecule has 1 aromatic rings. The lowest BCUT2D eigenvalue weighted by atomic mass is 10.0. The largest absolute Gasteiger partial charge is 0.314 e. The molecular weight excluding hydrogens is 370 g/mol. The normalized spacial score (nSPS) is 17.2. The summed E-state index contributed by atoms with van der Waals surface area (Å²) in [7, 11) is 0. The molecule has 6 heteroatoms. The van der Waals surface area contributed by atoms with Gasteiger partial charge in [-0.05, 0) is 30.2 Å². The summed E-state index contributed by atoms with van der Waals surface area (Å²) in [5.41, 5.74) is 1.24. The molecule has 2 nitrogen and oxygen atoms in total. The summed E-state index contributed by atoms with van der Waals surface area (Å²) in [6.45, 7) is 6.57. The lowest BCUT2D eigenvalue weighted by molar-refractivity contribution is 0.169. The van der Waals surface area contributed by atoms with Crippen molar-refractivity contribution >= 4 is 52.3 Å². The number of nitrogens with zero attached hydrogens (tertiary/aromatic N) is 1. The summed E-state index contributed by atoms with van der Waals surface area (Å²) < 4.78 is 1.10. The van der Waals surface area contributed by atoms with Gasteiger partial charge in [-0.25, -0.2) is 0 Å². The maximum atomic E-state index is 6.33. The first-order valence-corrected chi connectivity index (χ1v) is 7.29. The van der Waals surface area contributed by atoms with Crippen molar-refractivity contribution in [1.29, 1.82) is 0 Å². The zero-order valence-electron chi connectivity index (χ0n) is 10.9. The SMILES string of the molecule is CC[C@@H](c1cc(Br)ccc1Cl)N1CCNCC1.Cl.Cl. The molecule has 0 bridgehead atoms. The van der Waals surface area contributed by atoms with Crippen molar-refractivity contribution in [2.75, 3.05) is 26.2 Å². The van der Waals surface area contributed by atoms with E-state index in [4.69, 9.17) is 11.6 Å². The van der Waals surface area contributed by atoms with Gasteiger partial charge in [0, 0.05) is 41.7 Å². The Bertz CT molecular complexity index is 384. The molecule has 110 valence electrons. The third kappa shape index (κ3) is 5.07. The molecule has 19 heavy (non-hydrogen) atoms. The van der Waals surface area contributed by atoms with Crippen LogP contribution in [0, 0.1) is 0 Å². The highest BCUT2D eigenvalue weighted by Gasteiger charge is 2.22. The third-order valence-electron chi connectivity index (χ3n) is 3.30. The molecule has 1 aliphatic heterocycles. The fraction of sp³-hybridized carbons (Fsp3) is 0.538. The van der Waals surface area contributed by atoms with Crippen molar-refractivity contribution in [2.45, 2.75) is 19.4 Å². The predicted molar refractivity (Wildman–Crippen MR) is 91.1 cm³/mol. The first-order chi connectivity index (χ1) is 8.22. The molecule has 1 heterocycles. The van der Waals surface area contributed by atoms with Crippen molar-refractivity contribution in [3.63, 3.8) is 0 Å². The Kier molecular flexibility index (Phi) is 9.67. The smallest absolute Gasteiger partial charge is 0.0454 e. The minimum Gasteiger partial charge on any atom is -0.314 e.